The zero-order chi connectivity index (χ0) is 18.4. The maximum absolute atomic E-state index is 14.1. The number of hydrogen-bond acceptors (Lipinski definition) is 3. The first-order valence-corrected chi connectivity index (χ1v) is 8.45. The molecule has 136 valence electrons. The van der Waals surface area contributed by atoms with E-state index in [0.29, 0.717) is 44.0 Å². The Hall–Kier alpha value is -2.87. The highest BCUT2D eigenvalue weighted by molar-refractivity contribution is 5.93. The Balaban J connectivity index is 1.75. The van der Waals surface area contributed by atoms with Crippen molar-refractivity contribution in [1.29, 1.82) is 0 Å². The Kier molecular flexibility index (Phi) is 3.91. The second-order valence-electron chi connectivity index (χ2n) is 6.50. The summed E-state index contributed by atoms with van der Waals surface area (Å²) in [5.74, 6) is -2.59. The maximum Gasteiger partial charge on any atom is 0.390 e. The minimum atomic E-state index is -1.27. The molecule has 26 heavy (non-hydrogen) atoms. The number of rotatable bonds is 3. The highest BCUT2D eigenvalue weighted by atomic mass is 19.1. The summed E-state index contributed by atoms with van der Waals surface area (Å²) < 4.78 is 21.7. The van der Waals surface area contributed by atoms with E-state index in [9.17, 15) is 19.1 Å². The first-order chi connectivity index (χ1) is 12.5. The second-order valence-corrected chi connectivity index (χ2v) is 6.50. The second kappa shape index (κ2) is 6.14. The molecule has 0 radical (unpaired) electrons. The van der Waals surface area contributed by atoms with Crippen LogP contribution in [0.15, 0.2) is 23.9 Å². The number of carbonyl (C=O) groups is 2. The van der Waals surface area contributed by atoms with E-state index in [4.69, 9.17) is 9.84 Å². The molecule has 1 aromatic carbocycles. The summed E-state index contributed by atoms with van der Waals surface area (Å²) in [4.78, 5) is 23.1. The summed E-state index contributed by atoms with van der Waals surface area (Å²) in [6.45, 7) is 1.94. The summed E-state index contributed by atoms with van der Waals surface area (Å²) in [6.07, 6.45) is 1.94. The number of aliphatic carboxylic acids is 2. The van der Waals surface area contributed by atoms with E-state index in [0.717, 1.165) is 28.2 Å². The SMILES string of the molecule is O=C(O)C=C(C(=O)O)[NH+]1CCc2c(n3c4c(c(F)ccc24)OCC3)CC1. The number of carboxylic acid groups (broad SMARTS) is 2. The first-order valence-electron chi connectivity index (χ1n) is 8.45. The Labute approximate surface area is 147 Å². The average molecular weight is 361 g/mol. The van der Waals surface area contributed by atoms with Crippen molar-refractivity contribution >= 4 is 22.8 Å². The van der Waals surface area contributed by atoms with Gasteiger partial charge in [0.2, 0.25) is 5.70 Å². The third kappa shape index (κ3) is 2.53. The molecule has 3 heterocycles. The molecule has 0 saturated carbocycles. The molecular formula is C18H18FN2O5+. The van der Waals surface area contributed by atoms with Gasteiger partial charge in [0.1, 0.15) is 6.61 Å². The molecule has 7 nitrogen and oxygen atoms in total. The van der Waals surface area contributed by atoms with E-state index < -0.39 is 11.9 Å². The number of fused-ring (bicyclic) bond motifs is 3. The van der Waals surface area contributed by atoms with Crippen molar-refractivity contribution in [2.45, 2.75) is 19.4 Å². The van der Waals surface area contributed by atoms with Crippen LogP contribution in [-0.2, 0) is 29.0 Å². The zero-order valence-electron chi connectivity index (χ0n) is 13.9. The third-order valence-corrected chi connectivity index (χ3v) is 5.13. The standard InChI is InChI=1S/C18H17FN2O5/c19-12-2-1-11-10-3-5-20(14(18(24)25)9-15(22)23)6-4-13(10)21-7-8-26-17(12)16(11)21/h1-2,9H,3-8H2,(H,22,23)(H,24,25)/p+1. The van der Waals surface area contributed by atoms with Crippen molar-refractivity contribution in [1.82, 2.24) is 4.57 Å². The van der Waals surface area contributed by atoms with Gasteiger partial charge in [-0.3, -0.25) is 4.90 Å². The summed E-state index contributed by atoms with van der Waals surface area (Å²) in [7, 11) is 0. The van der Waals surface area contributed by atoms with E-state index in [1.54, 1.807) is 6.07 Å². The molecule has 4 rings (SSSR count). The van der Waals surface area contributed by atoms with E-state index in [-0.39, 0.29) is 17.3 Å². The Morgan fingerprint density at radius 2 is 2.00 bits per heavy atom. The summed E-state index contributed by atoms with van der Waals surface area (Å²) >= 11 is 0. The van der Waals surface area contributed by atoms with E-state index >= 15 is 0 Å². The van der Waals surface area contributed by atoms with E-state index in [2.05, 4.69) is 4.57 Å². The number of benzene rings is 1. The lowest BCUT2D eigenvalue weighted by Gasteiger charge is -2.20. The fraction of sp³-hybridized carbons (Fsp3) is 0.333. The number of hydrogen-bond donors (Lipinski definition) is 3. The monoisotopic (exact) mass is 361 g/mol. The van der Waals surface area contributed by atoms with Gasteiger partial charge in [0.15, 0.2) is 11.6 Å². The molecule has 3 N–H and O–H groups in total. The lowest BCUT2D eigenvalue weighted by atomic mass is 10.1. The minimum absolute atomic E-state index is 0.138. The fourth-order valence-corrected chi connectivity index (χ4v) is 4.08. The van der Waals surface area contributed by atoms with Crippen LogP contribution in [0, 0.1) is 5.82 Å². The molecule has 0 bridgehead atoms. The van der Waals surface area contributed by atoms with Gasteiger partial charge in [-0.05, 0) is 17.7 Å². The molecule has 0 amide bonds. The number of carboxylic acids is 2. The molecule has 0 spiro atoms. The lowest BCUT2D eigenvalue weighted by molar-refractivity contribution is -0.855. The predicted molar refractivity (Wildman–Crippen MR) is 88.9 cm³/mol. The van der Waals surface area contributed by atoms with Crippen molar-refractivity contribution in [3.05, 3.63) is 41.0 Å². The number of nitrogens with zero attached hydrogens (tertiary/aromatic N) is 1. The molecule has 8 heteroatoms. The topological polar surface area (TPSA) is 93.2 Å². The van der Waals surface area contributed by atoms with Crippen LogP contribution in [-0.4, -0.2) is 46.4 Å². The van der Waals surface area contributed by atoms with Crippen molar-refractivity contribution in [3.8, 4) is 5.75 Å². The molecule has 1 atom stereocenters. The van der Waals surface area contributed by atoms with Gasteiger partial charge < -0.3 is 19.5 Å². The Morgan fingerprint density at radius 1 is 1.23 bits per heavy atom. The van der Waals surface area contributed by atoms with Crippen molar-refractivity contribution < 1.29 is 33.8 Å². The number of aromatic nitrogens is 1. The number of halogens is 1. The normalized spacial score (nSPS) is 19.6. The average Bonchev–Trinajstić information content (AvgIpc) is 2.76. The minimum Gasteiger partial charge on any atom is -0.486 e. The predicted octanol–water partition coefficient (Wildman–Crippen LogP) is 0.209. The molecule has 0 aliphatic carbocycles. The van der Waals surface area contributed by atoms with Crippen molar-refractivity contribution in [3.63, 3.8) is 0 Å². The first kappa shape index (κ1) is 16.6. The lowest BCUT2D eigenvalue weighted by Crippen LogP contribution is -3.11. The molecule has 2 aliphatic rings. The van der Waals surface area contributed by atoms with E-state index in [1.165, 1.54) is 6.07 Å². The Morgan fingerprint density at radius 3 is 2.73 bits per heavy atom. The third-order valence-electron chi connectivity index (χ3n) is 5.13. The van der Waals surface area contributed by atoms with Gasteiger partial charge in [-0.15, -0.1) is 0 Å². The van der Waals surface area contributed by atoms with Crippen LogP contribution >= 0.6 is 0 Å². The highest BCUT2D eigenvalue weighted by Gasteiger charge is 2.31. The number of nitrogens with one attached hydrogen (secondary N) is 1. The maximum atomic E-state index is 14.1. The zero-order valence-corrected chi connectivity index (χ0v) is 13.9. The molecular weight excluding hydrogens is 343 g/mol. The smallest absolute Gasteiger partial charge is 0.390 e. The summed E-state index contributed by atoms with van der Waals surface area (Å²) in [5.41, 5.74) is 2.76. The fourth-order valence-electron chi connectivity index (χ4n) is 4.08. The molecule has 2 aliphatic heterocycles. The van der Waals surface area contributed by atoms with Crippen LogP contribution in [0.3, 0.4) is 0 Å². The van der Waals surface area contributed by atoms with E-state index in [1.807, 2.05) is 0 Å². The van der Waals surface area contributed by atoms with Gasteiger partial charge in [-0.2, -0.15) is 0 Å². The van der Waals surface area contributed by atoms with Gasteiger partial charge in [-0.25, -0.2) is 14.0 Å². The number of quaternary nitrogens is 1. The summed E-state index contributed by atoms with van der Waals surface area (Å²) in [6, 6.07) is 3.14. The number of ether oxygens (including phenoxy) is 1. The van der Waals surface area contributed by atoms with Crippen LogP contribution in [0.1, 0.15) is 11.3 Å². The largest absolute Gasteiger partial charge is 0.486 e. The molecule has 0 saturated heterocycles. The highest BCUT2D eigenvalue weighted by Crippen LogP contribution is 2.37. The van der Waals surface area contributed by atoms with Crippen molar-refractivity contribution in [2.24, 2.45) is 0 Å². The van der Waals surface area contributed by atoms with Crippen LogP contribution in [0.4, 0.5) is 4.39 Å². The van der Waals surface area contributed by atoms with Gasteiger partial charge >= 0.3 is 11.9 Å². The van der Waals surface area contributed by atoms with Crippen LogP contribution in [0.25, 0.3) is 10.9 Å². The molecule has 0 fully saturated rings. The van der Waals surface area contributed by atoms with Crippen LogP contribution in [0.2, 0.25) is 0 Å². The molecule has 1 aromatic heterocycles. The van der Waals surface area contributed by atoms with Crippen LogP contribution < -0.4 is 9.64 Å². The van der Waals surface area contributed by atoms with Gasteiger partial charge in [0.05, 0.1) is 31.2 Å². The van der Waals surface area contributed by atoms with Crippen LogP contribution in [0.5, 0.6) is 5.75 Å². The quantitative estimate of drug-likeness (QED) is 0.680. The molecule has 2 aromatic rings. The Bertz CT molecular complexity index is 962. The van der Waals surface area contributed by atoms with Crippen molar-refractivity contribution in [2.75, 3.05) is 19.7 Å². The summed E-state index contributed by atoms with van der Waals surface area (Å²) in [5, 5.41) is 19.2. The van der Waals surface area contributed by atoms with Gasteiger partial charge in [0, 0.05) is 23.9 Å². The van der Waals surface area contributed by atoms with Gasteiger partial charge in [0.25, 0.3) is 0 Å². The van der Waals surface area contributed by atoms with Gasteiger partial charge in [-0.1, -0.05) is 0 Å². The molecule has 1 unspecified atom stereocenters.